The van der Waals surface area contributed by atoms with Gasteiger partial charge >= 0.3 is 12.1 Å². The molecule has 1 unspecified atom stereocenters. The van der Waals surface area contributed by atoms with E-state index in [0.717, 1.165) is 19.3 Å². The smallest absolute Gasteiger partial charge is 0.407 e. The van der Waals surface area contributed by atoms with Crippen LogP contribution in [0.5, 0.6) is 0 Å². The highest BCUT2D eigenvalue weighted by molar-refractivity contribution is 5.98. The van der Waals surface area contributed by atoms with E-state index in [1.807, 2.05) is 0 Å². The minimum absolute atomic E-state index is 0.0368. The Kier molecular flexibility index (Phi) is 36.0. The highest BCUT2D eigenvalue weighted by Crippen LogP contribution is 2.21. The molecule has 3 rings (SSSR count). The fraction of sp³-hybridized carbons (Fsp3) is 0.710. The lowest BCUT2D eigenvalue weighted by atomic mass is 9.98. The highest BCUT2D eigenvalue weighted by Gasteiger charge is 2.37. The SMILES string of the molecule is CC(C)C[C@@H]1NC(=O)[C@@H](Cc2ccccc2)NC(=O)[C@H](CCN)NC[C@@H](NC(=O)[C@H](CCN)NC(=O)[C@@H](NC(=O)[C@H](CCNC(=O)OC(C)(C)C)NC(=O)CCC(=O)OC2CCCCC2)C(C)O)CCNC(=O)[C@H]([C@H](C)O)NC(=O)[C@H](CCN)NC(=O)[C@H](CCN)NC1=O. The van der Waals surface area contributed by atoms with Crippen molar-refractivity contribution in [3.05, 3.63) is 35.9 Å². The number of hydrogen-bond donors (Lipinski definition) is 18. The van der Waals surface area contributed by atoms with Crippen LogP contribution in [0.25, 0.3) is 0 Å². The fourth-order valence-electron chi connectivity index (χ4n) is 10.3. The predicted molar refractivity (Wildman–Crippen MR) is 345 cm³/mol. The predicted octanol–water partition coefficient (Wildman–Crippen LogP) is -4.16. The van der Waals surface area contributed by atoms with Gasteiger partial charge in [-0.3, -0.25) is 52.7 Å². The number of aliphatic hydroxyl groups is 2. The summed E-state index contributed by atoms with van der Waals surface area (Å²) in [5.41, 5.74) is 23.5. The fourth-order valence-corrected chi connectivity index (χ4v) is 10.3. The van der Waals surface area contributed by atoms with Gasteiger partial charge in [-0.2, -0.15) is 0 Å². The van der Waals surface area contributed by atoms with Crippen molar-refractivity contribution in [3.8, 4) is 0 Å². The van der Waals surface area contributed by atoms with Gasteiger partial charge in [0.25, 0.3) is 0 Å². The summed E-state index contributed by atoms with van der Waals surface area (Å²) >= 11 is 0. The van der Waals surface area contributed by atoms with Crippen molar-refractivity contribution in [2.45, 2.75) is 229 Å². The number of amides is 11. The quantitative estimate of drug-likeness (QED) is 0.0354. The summed E-state index contributed by atoms with van der Waals surface area (Å²) in [6.45, 7) is 9.67. The summed E-state index contributed by atoms with van der Waals surface area (Å²) in [5, 5.41) is 53.6. The average molecular weight is 1330 g/mol. The highest BCUT2D eigenvalue weighted by atomic mass is 16.6. The summed E-state index contributed by atoms with van der Waals surface area (Å²) < 4.78 is 10.8. The van der Waals surface area contributed by atoms with E-state index in [4.69, 9.17) is 32.4 Å². The monoisotopic (exact) mass is 1330 g/mol. The Balaban J connectivity index is 2.02. The van der Waals surface area contributed by atoms with Crippen molar-refractivity contribution in [1.82, 2.24) is 63.8 Å². The Hall–Kier alpha value is -7.62. The Morgan fingerprint density at radius 2 is 1.17 bits per heavy atom. The number of rotatable bonds is 28. The third-order valence-electron chi connectivity index (χ3n) is 15.3. The molecule has 1 aromatic rings. The zero-order chi connectivity index (χ0) is 70.1. The average Bonchev–Trinajstić information content (AvgIpc) is 1.04. The standard InChI is InChI=1S/C62H106N16O16/c1-35(2)32-46-57(88)73-43(22-28-65)54(85)72-44(23-29-66)55(86)77-50(36(3)79)59(90)67-30-24-39(34-69-41(20-26-63)52(83)76-47(58(89)75-46)33-38-14-10-8-11-15-38)70-53(84)42(21-27-64)74-60(91)51(37(4)80)78-56(87)45(25-31-68-61(92)94-62(5,6)7)71-48(81)18-19-49(82)93-40-16-12-9-13-17-40/h8,10-11,14-15,35-37,39-47,50-51,69,79-80H,9,12-13,16-34,63-66H2,1-7H3,(H,67,90)(H,68,92)(H,70,84)(H,71,81)(H,72,85)(H,73,88)(H,74,91)(H,75,89)(H,76,83)(H,77,86)(H,78,87)/t36-,37?,39-,41-,42-,43-,44-,45-,46-,47+,50-,51-/m0/s1. The summed E-state index contributed by atoms with van der Waals surface area (Å²) in [6.07, 6.45) is -1.62. The summed E-state index contributed by atoms with van der Waals surface area (Å²) in [5.74, 6) is -9.43. The molecule has 94 heavy (non-hydrogen) atoms. The first-order chi connectivity index (χ1) is 44.5. The molecule has 530 valence electrons. The molecule has 32 heteroatoms. The van der Waals surface area contributed by atoms with E-state index in [1.165, 1.54) is 13.8 Å². The van der Waals surface area contributed by atoms with Gasteiger partial charge in [-0.1, -0.05) is 50.6 Å². The Morgan fingerprint density at radius 1 is 0.617 bits per heavy atom. The lowest BCUT2D eigenvalue weighted by Gasteiger charge is -2.29. The van der Waals surface area contributed by atoms with Crippen LogP contribution < -0.4 is 86.7 Å². The molecule has 1 aromatic carbocycles. The third-order valence-corrected chi connectivity index (χ3v) is 15.3. The topological polar surface area (TPSA) is 512 Å². The summed E-state index contributed by atoms with van der Waals surface area (Å²) in [6, 6.07) is -5.23. The molecule has 0 aromatic heterocycles. The number of nitrogens with two attached hydrogens (primary N) is 4. The zero-order valence-corrected chi connectivity index (χ0v) is 55.4. The molecule has 12 atom stereocenters. The van der Waals surface area contributed by atoms with Crippen LogP contribution in [0.2, 0.25) is 0 Å². The maximum atomic E-state index is 14.5. The van der Waals surface area contributed by atoms with Crippen molar-refractivity contribution in [3.63, 3.8) is 0 Å². The number of hydrogen-bond acceptors (Lipinski definition) is 21. The molecule has 22 N–H and O–H groups in total. The van der Waals surface area contributed by atoms with Crippen molar-refractivity contribution in [2.75, 3.05) is 45.8 Å². The maximum absolute atomic E-state index is 14.5. The van der Waals surface area contributed by atoms with E-state index in [9.17, 15) is 67.7 Å². The van der Waals surface area contributed by atoms with Crippen LogP contribution >= 0.6 is 0 Å². The molecule has 2 fully saturated rings. The van der Waals surface area contributed by atoms with Crippen molar-refractivity contribution in [2.24, 2.45) is 28.9 Å². The van der Waals surface area contributed by atoms with Crippen LogP contribution in [0, 0.1) is 5.92 Å². The molecular formula is C62H106N16O16. The van der Waals surface area contributed by atoms with Crippen LogP contribution in [0.3, 0.4) is 0 Å². The van der Waals surface area contributed by atoms with Gasteiger partial charge in [0.15, 0.2) is 0 Å². The van der Waals surface area contributed by atoms with Gasteiger partial charge < -0.3 is 106 Å². The van der Waals surface area contributed by atoms with Gasteiger partial charge in [-0.15, -0.1) is 0 Å². The van der Waals surface area contributed by atoms with Gasteiger partial charge in [-0.05, 0) is 143 Å². The van der Waals surface area contributed by atoms with E-state index >= 15 is 0 Å². The van der Waals surface area contributed by atoms with Gasteiger partial charge in [0, 0.05) is 38.5 Å². The van der Waals surface area contributed by atoms with Crippen molar-refractivity contribution in [1.29, 1.82) is 0 Å². The molecule has 0 spiro atoms. The molecule has 11 amide bonds. The van der Waals surface area contributed by atoms with Crippen molar-refractivity contribution < 1.29 is 77.2 Å². The lowest BCUT2D eigenvalue weighted by molar-refractivity contribution is -0.151. The largest absolute Gasteiger partial charge is 0.462 e. The minimum Gasteiger partial charge on any atom is -0.462 e. The van der Waals surface area contributed by atoms with E-state index in [-0.39, 0.29) is 122 Å². The second-order valence-electron chi connectivity index (χ2n) is 25.2. The molecule has 1 saturated heterocycles. The number of aliphatic hydroxyl groups excluding tert-OH is 2. The Morgan fingerprint density at radius 3 is 1.74 bits per heavy atom. The van der Waals surface area contributed by atoms with Crippen LogP contribution in [-0.4, -0.2) is 211 Å². The molecule has 1 saturated carbocycles. The minimum atomic E-state index is -1.79. The normalized spacial score (nSPS) is 22.7. The van der Waals surface area contributed by atoms with Crippen LogP contribution in [-0.2, 0) is 68.6 Å². The second kappa shape index (κ2) is 41.9. The molecule has 0 radical (unpaired) electrons. The Bertz CT molecular complexity index is 2620. The van der Waals surface area contributed by atoms with E-state index in [1.54, 1.807) is 65.0 Å². The second-order valence-corrected chi connectivity index (χ2v) is 25.2. The number of carbonyl (C=O) groups is 12. The number of alkyl carbamates (subject to hydrolysis) is 1. The number of esters is 1. The summed E-state index contributed by atoms with van der Waals surface area (Å²) in [4.78, 5) is 166. The first-order valence-electron chi connectivity index (χ1n) is 32.6. The maximum Gasteiger partial charge on any atom is 0.407 e. The Labute approximate surface area is 550 Å². The van der Waals surface area contributed by atoms with Gasteiger partial charge in [0.2, 0.25) is 59.1 Å². The van der Waals surface area contributed by atoms with E-state index in [2.05, 4.69) is 63.8 Å². The van der Waals surface area contributed by atoms with Gasteiger partial charge in [-0.25, -0.2) is 4.79 Å². The van der Waals surface area contributed by atoms with Crippen LogP contribution in [0.15, 0.2) is 30.3 Å². The van der Waals surface area contributed by atoms with E-state index < -0.39 is 149 Å². The molecule has 1 aliphatic carbocycles. The zero-order valence-electron chi connectivity index (χ0n) is 55.4. The third kappa shape index (κ3) is 30.2. The summed E-state index contributed by atoms with van der Waals surface area (Å²) in [7, 11) is 0. The van der Waals surface area contributed by atoms with Gasteiger partial charge in [0.05, 0.1) is 24.7 Å². The van der Waals surface area contributed by atoms with E-state index in [0.29, 0.717) is 18.4 Å². The van der Waals surface area contributed by atoms with Crippen molar-refractivity contribution >= 4 is 71.1 Å². The first-order valence-corrected chi connectivity index (χ1v) is 32.6. The van der Waals surface area contributed by atoms with Crippen LogP contribution in [0.4, 0.5) is 4.79 Å². The number of nitrogens with one attached hydrogen (secondary N) is 12. The number of benzene rings is 1. The van der Waals surface area contributed by atoms with Crippen LogP contribution in [0.1, 0.15) is 144 Å². The first kappa shape index (κ1) is 80.6. The lowest BCUT2D eigenvalue weighted by Crippen LogP contribution is -2.61. The molecule has 2 aliphatic rings. The molecule has 1 heterocycles. The molecule has 0 bridgehead atoms. The number of carbonyl (C=O) groups excluding carboxylic acids is 12. The van der Waals surface area contributed by atoms with Gasteiger partial charge in [0.1, 0.15) is 60.0 Å². The molecule has 32 nitrogen and oxygen atoms in total. The number of ether oxygens (including phenoxy) is 2. The molecular weight excluding hydrogens is 1220 g/mol. The molecule has 1 aliphatic heterocycles.